The third-order valence-electron chi connectivity index (χ3n) is 3.20. The number of nitrogens with zero attached hydrogens (tertiary/aromatic N) is 2. The number of carbonyl (C=O) groups excluding carboxylic acids is 1. The molecule has 0 aromatic carbocycles. The van der Waals surface area contributed by atoms with Crippen LogP contribution in [0, 0.1) is 0 Å². The topological polar surface area (TPSA) is 71.2 Å². The van der Waals surface area contributed by atoms with E-state index in [1.807, 2.05) is 24.8 Å². The van der Waals surface area contributed by atoms with Gasteiger partial charge in [-0.3, -0.25) is 0 Å². The summed E-state index contributed by atoms with van der Waals surface area (Å²) in [6.07, 6.45) is 2.59. The molecule has 0 amide bonds. The van der Waals surface area contributed by atoms with Crippen LogP contribution in [-0.2, 0) is 4.79 Å². The molecule has 1 aromatic heterocycles. The van der Waals surface area contributed by atoms with Gasteiger partial charge in [-0.05, 0) is 26.0 Å². The summed E-state index contributed by atoms with van der Waals surface area (Å²) < 4.78 is 0. The number of pyridine rings is 1. The molecule has 17 heavy (non-hydrogen) atoms. The predicted molar refractivity (Wildman–Crippen MR) is 67.9 cm³/mol. The second kappa shape index (κ2) is 4.33. The van der Waals surface area contributed by atoms with Gasteiger partial charge in [0, 0.05) is 18.6 Å². The van der Waals surface area contributed by atoms with Crippen molar-refractivity contribution in [3.05, 3.63) is 18.3 Å². The number of nitrogens with two attached hydrogens (primary N) is 1. The van der Waals surface area contributed by atoms with Gasteiger partial charge in [-0.15, -0.1) is 0 Å². The minimum Gasteiger partial charge on any atom is -0.397 e. The fourth-order valence-corrected chi connectivity index (χ4v) is 2.20. The van der Waals surface area contributed by atoms with Gasteiger partial charge in [0.25, 0.3) is 0 Å². The van der Waals surface area contributed by atoms with Crippen molar-refractivity contribution < 1.29 is 4.79 Å². The Bertz CT molecular complexity index is 401. The van der Waals surface area contributed by atoms with Crippen molar-refractivity contribution >= 4 is 17.8 Å². The summed E-state index contributed by atoms with van der Waals surface area (Å²) in [4.78, 5) is 17.6. The fraction of sp³-hybridized carbons (Fsp3) is 0.500. The monoisotopic (exact) mass is 234 g/mol. The van der Waals surface area contributed by atoms with Crippen molar-refractivity contribution in [3.63, 3.8) is 0 Å². The van der Waals surface area contributed by atoms with Crippen molar-refractivity contribution in [1.29, 1.82) is 0 Å². The summed E-state index contributed by atoms with van der Waals surface area (Å²) in [5.41, 5.74) is 6.00. The van der Waals surface area contributed by atoms with E-state index in [0.29, 0.717) is 5.69 Å². The van der Waals surface area contributed by atoms with E-state index in [1.165, 1.54) is 0 Å². The number of aldehydes is 1. The first-order valence-electron chi connectivity index (χ1n) is 5.73. The Morgan fingerprint density at radius 3 is 2.94 bits per heavy atom. The van der Waals surface area contributed by atoms with Crippen LogP contribution in [0.1, 0.15) is 13.8 Å². The van der Waals surface area contributed by atoms with Crippen LogP contribution in [0.4, 0.5) is 11.5 Å². The van der Waals surface area contributed by atoms with Gasteiger partial charge in [0.1, 0.15) is 18.1 Å². The largest absolute Gasteiger partial charge is 0.397 e. The molecule has 1 aliphatic rings. The van der Waals surface area contributed by atoms with Gasteiger partial charge >= 0.3 is 0 Å². The van der Waals surface area contributed by atoms with E-state index in [4.69, 9.17) is 5.73 Å². The molecule has 1 aromatic rings. The third-order valence-corrected chi connectivity index (χ3v) is 3.20. The zero-order valence-electron chi connectivity index (χ0n) is 10.2. The number of nitrogen functional groups attached to an aromatic ring is 1. The summed E-state index contributed by atoms with van der Waals surface area (Å²) in [5, 5.41) is 3.35. The van der Waals surface area contributed by atoms with E-state index in [-0.39, 0.29) is 11.6 Å². The molecule has 5 heteroatoms. The number of anilines is 2. The van der Waals surface area contributed by atoms with Gasteiger partial charge < -0.3 is 20.7 Å². The van der Waals surface area contributed by atoms with Crippen LogP contribution < -0.4 is 16.0 Å². The van der Waals surface area contributed by atoms with Crippen molar-refractivity contribution in [2.75, 3.05) is 23.7 Å². The SMILES string of the molecule is CC1(C)NCCN(c2ccc(N)cn2)C1C=O. The van der Waals surface area contributed by atoms with E-state index in [1.54, 1.807) is 12.3 Å². The van der Waals surface area contributed by atoms with Crippen LogP contribution >= 0.6 is 0 Å². The quantitative estimate of drug-likeness (QED) is 0.726. The van der Waals surface area contributed by atoms with Crippen molar-refractivity contribution in [2.24, 2.45) is 0 Å². The standard InChI is InChI=1S/C12H18N4O/c1-12(2)10(8-17)16(6-5-15-12)11-4-3-9(13)7-14-11/h3-4,7-8,10,15H,5-6,13H2,1-2H3. The minimum atomic E-state index is -0.247. The molecule has 5 nitrogen and oxygen atoms in total. The molecule has 0 spiro atoms. The Kier molecular flexibility index (Phi) is 3.02. The maximum absolute atomic E-state index is 11.3. The molecule has 0 radical (unpaired) electrons. The number of piperazine rings is 1. The Labute approximate surface area is 101 Å². The Morgan fingerprint density at radius 2 is 2.35 bits per heavy atom. The number of nitrogens with one attached hydrogen (secondary N) is 1. The Balaban J connectivity index is 2.30. The number of hydrogen-bond acceptors (Lipinski definition) is 5. The highest BCUT2D eigenvalue weighted by Gasteiger charge is 2.37. The second-order valence-electron chi connectivity index (χ2n) is 4.87. The van der Waals surface area contributed by atoms with Crippen molar-refractivity contribution in [2.45, 2.75) is 25.4 Å². The summed E-state index contributed by atoms with van der Waals surface area (Å²) in [7, 11) is 0. The lowest BCUT2D eigenvalue weighted by molar-refractivity contribution is -0.110. The summed E-state index contributed by atoms with van der Waals surface area (Å²) in [6, 6.07) is 3.44. The van der Waals surface area contributed by atoms with Gasteiger partial charge in [0.05, 0.1) is 11.9 Å². The highest BCUT2D eigenvalue weighted by Crippen LogP contribution is 2.23. The van der Waals surface area contributed by atoms with Gasteiger partial charge in [-0.2, -0.15) is 0 Å². The highest BCUT2D eigenvalue weighted by atomic mass is 16.1. The zero-order valence-corrected chi connectivity index (χ0v) is 10.2. The summed E-state index contributed by atoms with van der Waals surface area (Å²) >= 11 is 0. The average Bonchev–Trinajstić information content (AvgIpc) is 2.28. The number of rotatable bonds is 2. The lowest BCUT2D eigenvalue weighted by atomic mass is 9.91. The van der Waals surface area contributed by atoms with Crippen LogP contribution in [0.3, 0.4) is 0 Å². The van der Waals surface area contributed by atoms with E-state index in [9.17, 15) is 4.79 Å². The smallest absolute Gasteiger partial charge is 0.144 e. The lowest BCUT2D eigenvalue weighted by Crippen LogP contribution is -2.65. The van der Waals surface area contributed by atoms with Crippen molar-refractivity contribution in [1.82, 2.24) is 10.3 Å². The number of carbonyl (C=O) groups is 1. The molecule has 1 unspecified atom stereocenters. The van der Waals surface area contributed by atoms with Gasteiger partial charge in [0.15, 0.2) is 0 Å². The molecule has 0 bridgehead atoms. The van der Waals surface area contributed by atoms with Crippen molar-refractivity contribution in [3.8, 4) is 0 Å². The zero-order chi connectivity index (χ0) is 12.5. The fourth-order valence-electron chi connectivity index (χ4n) is 2.20. The molecule has 1 aliphatic heterocycles. The first-order chi connectivity index (χ1) is 8.04. The maximum atomic E-state index is 11.3. The van der Waals surface area contributed by atoms with Crippen LogP contribution in [0.2, 0.25) is 0 Å². The van der Waals surface area contributed by atoms with E-state index >= 15 is 0 Å². The molecule has 92 valence electrons. The maximum Gasteiger partial charge on any atom is 0.144 e. The Hall–Kier alpha value is -1.62. The van der Waals surface area contributed by atoms with E-state index < -0.39 is 0 Å². The highest BCUT2D eigenvalue weighted by molar-refractivity contribution is 5.68. The number of hydrogen-bond donors (Lipinski definition) is 2. The molecular formula is C12H18N4O. The molecule has 0 aliphatic carbocycles. The predicted octanol–water partition coefficient (Wildman–Crippen LogP) is 0.419. The van der Waals surface area contributed by atoms with Crippen LogP contribution in [0.15, 0.2) is 18.3 Å². The minimum absolute atomic E-state index is 0.215. The average molecular weight is 234 g/mol. The van der Waals surface area contributed by atoms with Crippen LogP contribution in [-0.4, -0.2) is 35.9 Å². The van der Waals surface area contributed by atoms with Gasteiger partial charge in [-0.25, -0.2) is 4.98 Å². The molecule has 2 heterocycles. The molecule has 0 saturated carbocycles. The first kappa shape index (κ1) is 11.9. The summed E-state index contributed by atoms with van der Waals surface area (Å²) in [6.45, 7) is 5.65. The van der Waals surface area contributed by atoms with E-state index in [2.05, 4.69) is 10.3 Å². The normalized spacial score (nSPS) is 23.4. The van der Waals surface area contributed by atoms with E-state index in [0.717, 1.165) is 25.2 Å². The molecule has 1 atom stereocenters. The molecule has 1 saturated heterocycles. The Morgan fingerprint density at radius 1 is 1.59 bits per heavy atom. The molecule has 3 N–H and O–H groups in total. The van der Waals surface area contributed by atoms with Crippen LogP contribution in [0.5, 0.6) is 0 Å². The number of aromatic nitrogens is 1. The second-order valence-corrected chi connectivity index (χ2v) is 4.87. The van der Waals surface area contributed by atoms with Gasteiger partial charge in [0.2, 0.25) is 0 Å². The first-order valence-corrected chi connectivity index (χ1v) is 5.73. The lowest BCUT2D eigenvalue weighted by Gasteiger charge is -2.45. The third kappa shape index (κ3) is 2.24. The molecule has 1 fully saturated rings. The van der Waals surface area contributed by atoms with Gasteiger partial charge in [-0.1, -0.05) is 0 Å². The molecular weight excluding hydrogens is 216 g/mol. The molecule has 2 rings (SSSR count). The van der Waals surface area contributed by atoms with Crippen LogP contribution in [0.25, 0.3) is 0 Å². The summed E-state index contributed by atoms with van der Waals surface area (Å²) in [5.74, 6) is 0.797.